The minimum Gasteiger partial charge on any atom is -0.464 e. The molecule has 0 unspecified atom stereocenters. The summed E-state index contributed by atoms with van der Waals surface area (Å²) in [6, 6.07) is 9.05. The molecule has 6 heteroatoms. The first-order valence-electron chi connectivity index (χ1n) is 13.6. The number of unbranched alkanes of at least 4 members (excludes halogenated alkanes) is 11. The number of imidazole rings is 1. The lowest BCUT2D eigenvalue weighted by atomic mass is 10.1. The Morgan fingerprint density at radius 2 is 1.51 bits per heavy atom. The fourth-order valence-electron chi connectivity index (χ4n) is 4.26. The van der Waals surface area contributed by atoms with Crippen molar-refractivity contribution in [3.05, 3.63) is 54.6 Å². The zero-order valence-electron chi connectivity index (χ0n) is 21.9. The molecule has 1 aromatic carbocycles. The number of carbonyl (C=O) groups excluding carboxylic acids is 2. The van der Waals surface area contributed by atoms with Gasteiger partial charge in [0.25, 0.3) is 5.91 Å². The Kier molecular flexibility index (Phi) is 14.5. The Morgan fingerprint density at radius 1 is 0.914 bits per heavy atom. The van der Waals surface area contributed by atoms with E-state index >= 15 is 0 Å². The van der Waals surface area contributed by atoms with Crippen molar-refractivity contribution < 1.29 is 18.9 Å². The van der Waals surface area contributed by atoms with E-state index in [1.54, 1.807) is 4.57 Å². The predicted molar refractivity (Wildman–Crippen MR) is 140 cm³/mol. The number of carbonyl (C=O) groups is 2. The lowest BCUT2D eigenvalue weighted by molar-refractivity contribution is -0.671. The van der Waals surface area contributed by atoms with E-state index in [0.717, 1.165) is 18.4 Å². The molecular formula is C29H46N3O3+. The molecule has 0 aliphatic rings. The van der Waals surface area contributed by atoms with Crippen LogP contribution >= 0.6 is 0 Å². The van der Waals surface area contributed by atoms with Crippen molar-refractivity contribution in [3.63, 3.8) is 0 Å². The van der Waals surface area contributed by atoms with Gasteiger partial charge < -0.3 is 10.1 Å². The van der Waals surface area contributed by atoms with Crippen LogP contribution in [-0.2, 0) is 34.3 Å². The van der Waals surface area contributed by atoms with E-state index < -0.39 is 6.04 Å². The lowest BCUT2D eigenvalue weighted by Crippen LogP contribution is -2.44. The van der Waals surface area contributed by atoms with Crippen LogP contribution in [0.5, 0.6) is 0 Å². The molecule has 0 aliphatic heterocycles. The molecule has 0 aliphatic carbocycles. The quantitative estimate of drug-likeness (QED) is 0.168. The van der Waals surface area contributed by atoms with Crippen LogP contribution < -0.4 is 9.88 Å². The molecule has 1 heterocycles. The van der Waals surface area contributed by atoms with Crippen LogP contribution in [0.1, 0.15) is 89.5 Å². The minimum absolute atomic E-state index is 0.165. The molecule has 2 rings (SSSR count). The number of aryl methyl sites for hydroxylation is 1. The first kappa shape index (κ1) is 28.6. The summed E-state index contributed by atoms with van der Waals surface area (Å²) in [7, 11) is 1.90. The normalized spacial score (nSPS) is 11.8. The van der Waals surface area contributed by atoms with Crippen LogP contribution in [0.2, 0.25) is 0 Å². The van der Waals surface area contributed by atoms with Gasteiger partial charge in [0.2, 0.25) is 6.33 Å². The number of amides is 1. The van der Waals surface area contributed by atoms with Gasteiger partial charge in [0.15, 0.2) is 6.54 Å². The van der Waals surface area contributed by atoms with Crippen molar-refractivity contribution in [2.75, 3.05) is 6.61 Å². The topological polar surface area (TPSA) is 64.2 Å². The van der Waals surface area contributed by atoms with Crippen molar-refractivity contribution in [3.8, 4) is 0 Å². The highest BCUT2D eigenvalue weighted by Crippen LogP contribution is 2.12. The van der Waals surface area contributed by atoms with Gasteiger partial charge >= 0.3 is 5.97 Å². The van der Waals surface area contributed by atoms with E-state index in [1.807, 2.05) is 60.7 Å². The average Bonchev–Trinajstić information content (AvgIpc) is 3.26. The third-order valence-corrected chi connectivity index (χ3v) is 6.29. The summed E-state index contributed by atoms with van der Waals surface area (Å²) in [5.41, 5.74) is 0.993. The van der Waals surface area contributed by atoms with Gasteiger partial charge in [0, 0.05) is 6.42 Å². The third kappa shape index (κ3) is 13.1. The smallest absolute Gasteiger partial charge is 0.328 e. The highest BCUT2D eigenvalue weighted by molar-refractivity contribution is 5.84. The van der Waals surface area contributed by atoms with Gasteiger partial charge in [0.1, 0.15) is 18.4 Å². The zero-order valence-corrected chi connectivity index (χ0v) is 21.9. The van der Waals surface area contributed by atoms with Crippen molar-refractivity contribution in [1.82, 2.24) is 9.88 Å². The van der Waals surface area contributed by atoms with E-state index in [0.29, 0.717) is 13.0 Å². The molecule has 0 bridgehead atoms. The summed E-state index contributed by atoms with van der Waals surface area (Å²) in [6.45, 7) is 2.83. The van der Waals surface area contributed by atoms with Crippen LogP contribution in [0.4, 0.5) is 0 Å². The van der Waals surface area contributed by atoms with Gasteiger partial charge in [-0.25, -0.2) is 13.9 Å². The monoisotopic (exact) mass is 484 g/mol. The molecule has 0 radical (unpaired) electrons. The lowest BCUT2D eigenvalue weighted by Gasteiger charge is -2.17. The van der Waals surface area contributed by atoms with E-state index in [-0.39, 0.29) is 18.4 Å². The number of aromatic nitrogens is 2. The molecule has 194 valence electrons. The summed E-state index contributed by atoms with van der Waals surface area (Å²) in [5, 5.41) is 2.88. The SMILES string of the molecule is CCCCCCCCCCCCCCOC(=O)[C@H](Cc1ccccc1)NC(=O)Cn1cc[n+](C)c1. The standard InChI is InChI=1S/C29H45N3O3/c1-3-4-5-6-7-8-9-10-11-12-13-17-22-35-29(34)27(23-26-18-15-14-16-19-26)30-28(33)24-32-21-20-31(2)25-32/h14-16,18-21,25,27H,3-13,17,22-24H2,1-2H3/p+1/t27-/m0/s1. The number of hydrogen-bond donors (Lipinski definition) is 1. The fraction of sp³-hybridized carbons (Fsp3) is 0.621. The van der Waals surface area contributed by atoms with Gasteiger partial charge in [-0.05, 0) is 12.0 Å². The highest BCUT2D eigenvalue weighted by atomic mass is 16.5. The molecule has 0 saturated carbocycles. The number of benzene rings is 1. The van der Waals surface area contributed by atoms with E-state index in [1.165, 1.54) is 64.2 Å². The largest absolute Gasteiger partial charge is 0.464 e. The fourth-order valence-corrected chi connectivity index (χ4v) is 4.26. The molecule has 1 aromatic heterocycles. The maximum absolute atomic E-state index is 12.8. The van der Waals surface area contributed by atoms with Crippen molar-refractivity contribution >= 4 is 11.9 Å². The van der Waals surface area contributed by atoms with Crippen molar-refractivity contribution in [2.45, 2.75) is 103 Å². The summed E-state index contributed by atoms with van der Waals surface area (Å²) >= 11 is 0. The average molecular weight is 485 g/mol. The molecular weight excluding hydrogens is 438 g/mol. The van der Waals surface area contributed by atoms with Crippen LogP contribution in [-0.4, -0.2) is 29.1 Å². The van der Waals surface area contributed by atoms with Gasteiger partial charge in [-0.2, -0.15) is 0 Å². The summed E-state index contributed by atoms with van der Waals surface area (Å²) in [6.07, 6.45) is 21.2. The zero-order chi connectivity index (χ0) is 25.1. The number of rotatable bonds is 19. The molecule has 2 aromatic rings. The second-order valence-electron chi connectivity index (χ2n) is 9.62. The van der Waals surface area contributed by atoms with Crippen LogP contribution in [0.15, 0.2) is 49.1 Å². The molecule has 6 nitrogen and oxygen atoms in total. The number of esters is 1. The molecule has 1 amide bonds. The number of nitrogens with one attached hydrogen (secondary N) is 1. The highest BCUT2D eigenvalue weighted by Gasteiger charge is 2.23. The van der Waals surface area contributed by atoms with E-state index in [9.17, 15) is 9.59 Å². The third-order valence-electron chi connectivity index (χ3n) is 6.29. The van der Waals surface area contributed by atoms with Gasteiger partial charge in [0.05, 0.1) is 13.7 Å². The van der Waals surface area contributed by atoms with Crippen LogP contribution in [0.25, 0.3) is 0 Å². The number of hydrogen-bond acceptors (Lipinski definition) is 3. The maximum Gasteiger partial charge on any atom is 0.328 e. The first-order valence-corrected chi connectivity index (χ1v) is 13.6. The number of nitrogens with zero attached hydrogens (tertiary/aromatic N) is 2. The molecule has 1 atom stereocenters. The van der Waals surface area contributed by atoms with Crippen LogP contribution in [0.3, 0.4) is 0 Å². The maximum atomic E-state index is 12.8. The Balaban J connectivity index is 1.65. The van der Waals surface area contributed by atoms with Gasteiger partial charge in [-0.3, -0.25) is 4.79 Å². The molecule has 0 fully saturated rings. The predicted octanol–water partition coefficient (Wildman–Crippen LogP) is 5.28. The molecule has 1 N–H and O–H groups in total. The van der Waals surface area contributed by atoms with Crippen molar-refractivity contribution in [1.29, 1.82) is 0 Å². The molecule has 0 spiro atoms. The molecule has 0 saturated heterocycles. The Bertz CT molecular complexity index is 835. The molecule has 35 heavy (non-hydrogen) atoms. The summed E-state index contributed by atoms with van der Waals surface area (Å²) in [5.74, 6) is -0.562. The second kappa shape index (κ2) is 17.8. The summed E-state index contributed by atoms with van der Waals surface area (Å²) in [4.78, 5) is 25.4. The second-order valence-corrected chi connectivity index (χ2v) is 9.62. The Hall–Kier alpha value is -2.63. The minimum atomic E-state index is -0.688. The van der Waals surface area contributed by atoms with Crippen LogP contribution in [0, 0.1) is 0 Å². The van der Waals surface area contributed by atoms with E-state index in [4.69, 9.17) is 4.74 Å². The Labute approximate surface area is 212 Å². The van der Waals surface area contributed by atoms with Gasteiger partial charge in [-0.15, -0.1) is 0 Å². The van der Waals surface area contributed by atoms with Crippen molar-refractivity contribution in [2.24, 2.45) is 7.05 Å². The number of ether oxygens (including phenoxy) is 1. The van der Waals surface area contributed by atoms with E-state index in [2.05, 4.69) is 12.2 Å². The Morgan fingerprint density at radius 3 is 2.09 bits per heavy atom. The summed E-state index contributed by atoms with van der Waals surface area (Å²) < 4.78 is 9.22. The van der Waals surface area contributed by atoms with Gasteiger partial charge in [-0.1, -0.05) is 108 Å². The first-order chi connectivity index (χ1) is 17.1.